The van der Waals surface area contributed by atoms with Crippen molar-refractivity contribution in [3.05, 3.63) is 53.0 Å². The summed E-state index contributed by atoms with van der Waals surface area (Å²) >= 11 is 0. The fourth-order valence-electron chi connectivity index (χ4n) is 7.21. The summed E-state index contributed by atoms with van der Waals surface area (Å²) < 4.78 is 31.0. The van der Waals surface area contributed by atoms with Crippen LogP contribution >= 0.6 is 0 Å². The molecule has 1 aromatic heterocycles. The Hall–Kier alpha value is -3.16. The van der Waals surface area contributed by atoms with Gasteiger partial charge in [0.05, 0.1) is 32.4 Å². The Morgan fingerprint density at radius 1 is 1.02 bits per heavy atom. The molecule has 256 valence electrons. The van der Waals surface area contributed by atoms with E-state index in [0.717, 1.165) is 31.6 Å². The van der Waals surface area contributed by atoms with Crippen molar-refractivity contribution < 1.29 is 28.2 Å². The smallest absolute Gasteiger partial charge is 0.270 e. The second-order valence-corrected chi connectivity index (χ2v) is 13.8. The Bertz CT molecular complexity index is 1400. The lowest BCUT2D eigenvalue weighted by Gasteiger charge is -2.46. The van der Waals surface area contributed by atoms with Crippen LogP contribution in [0.2, 0.25) is 0 Å². The summed E-state index contributed by atoms with van der Waals surface area (Å²) in [6.45, 7) is 14.7. The maximum Gasteiger partial charge on any atom is 0.270 e. The van der Waals surface area contributed by atoms with Gasteiger partial charge in [-0.05, 0) is 69.9 Å². The van der Waals surface area contributed by atoms with Crippen molar-refractivity contribution in [1.29, 1.82) is 0 Å². The van der Waals surface area contributed by atoms with Crippen LogP contribution in [0.5, 0.6) is 5.88 Å². The number of nitrogens with zero attached hydrogens (tertiary/aromatic N) is 4. The van der Waals surface area contributed by atoms with E-state index in [4.69, 9.17) is 19.2 Å². The second-order valence-electron chi connectivity index (χ2n) is 13.8. The number of anilines is 1. The first-order chi connectivity index (χ1) is 22.7. The standard InChI is InChI=1S/C35H49FN6O5/c1-22-15-40(30(14-37-22)16-41-23(2)18-46-19-24(41)3)17-32(43)42-25(4)20-47-35-31(42)12-28(11-26-5-7-29(36)8-6-26)33(39-35)34(44)38-13-27-9-10-45-21-27/h5-8,12,22-25,27,30,37H,9-11,13-21H2,1-4H3,(H,38,44)/t22-,23-,24-,25+,27-,30-/m1/s1. The van der Waals surface area contributed by atoms with Gasteiger partial charge in [0.2, 0.25) is 11.8 Å². The Kier molecular flexibility index (Phi) is 10.7. The molecule has 1 aromatic carbocycles. The zero-order valence-corrected chi connectivity index (χ0v) is 28.0. The van der Waals surface area contributed by atoms with Crippen molar-refractivity contribution in [3.8, 4) is 5.88 Å². The number of carbonyl (C=O) groups excluding carboxylic acids is 2. The Balaban J connectivity index is 1.26. The molecule has 6 atom stereocenters. The van der Waals surface area contributed by atoms with E-state index in [2.05, 4.69) is 41.2 Å². The quantitative estimate of drug-likeness (QED) is 0.423. The number of aromatic nitrogens is 1. The van der Waals surface area contributed by atoms with Crippen molar-refractivity contribution in [2.75, 3.05) is 70.7 Å². The number of benzene rings is 1. The molecule has 0 bridgehead atoms. The van der Waals surface area contributed by atoms with Gasteiger partial charge < -0.3 is 29.7 Å². The van der Waals surface area contributed by atoms with Crippen LogP contribution in [0, 0.1) is 11.7 Å². The van der Waals surface area contributed by atoms with Crippen molar-refractivity contribution in [2.24, 2.45) is 5.92 Å². The van der Waals surface area contributed by atoms with Gasteiger partial charge in [-0.1, -0.05) is 12.1 Å². The second kappa shape index (κ2) is 14.9. The number of rotatable bonds is 9. The molecule has 0 saturated carbocycles. The number of hydrogen-bond donors (Lipinski definition) is 2. The minimum Gasteiger partial charge on any atom is -0.474 e. The minimum absolute atomic E-state index is 0.0304. The number of hydrogen-bond acceptors (Lipinski definition) is 9. The van der Waals surface area contributed by atoms with Gasteiger partial charge in [0.1, 0.15) is 23.8 Å². The molecule has 12 heteroatoms. The number of pyridine rings is 1. The number of carbonyl (C=O) groups is 2. The van der Waals surface area contributed by atoms with Crippen LogP contribution < -0.4 is 20.3 Å². The highest BCUT2D eigenvalue weighted by Crippen LogP contribution is 2.35. The Labute approximate surface area is 277 Å². The molecular formula is C35H49FN6O5. The number of amides is 2. The van der Waals surface area contributed by atoms with Gasteiger partial charge >= 0.3 is 0 Å². The van der Waals surface area contributed by atoms with Crippen LogP contribution in [0.25, 0.3) is 0 Å². The van der Waals surface area contributed by atoms with E-state index < -0.39 is 0 Å². The van der Waals surface area contributed by atoms with Gasteiger partial charge in [0, 0.05) is 62.9 Å². The lowest BCUT2D eigenvalue weighted by molar-refractivity contribution is -0.122. The summed E-state index contributed by atoms with van der Waals surface area (Å²) in [5.74, 6) is -0.132. The van der Waals surface area contributed by atoms with Gasteiger partial charge in [-0.25, -0.2) is 9.37 Å². The average molecular weight is 653 g/mol. The number of piperazine rings is 1. The van der Waals surface area contributed by atoms with Gasteiger partial charge in [0.25, 0.3) is 5.91 Å². The molecule has 2 amide bonds. The van der Waals surface area contributed by atoms with E-state index in [9.17, 15) is 14.0 Å². The minimum atomic E-state index is -0.328. The third kappa shape index (κ3) is 7.94. The third-order valence-corrected chi connectivity index (χ3v) is 9.91. The molecule has 5 heterocycles. The van der Waals surface area contributed by atoms with Crippen molar-refractivity contribution in [1.82, 2.24) is 25.4 Å². The van der Waals surface area contributed by atoms with Crippen LogP contribution in [0.15, 0.2) is 30.3 Å². The highest BCUT2D eigenvalue weighted by atomic mass is 19.1. The van der Waals surface area contributed by atoms with Crippen molar-refractivity contribution in [3.63, 3.8) is 0 Å². The monoisotopic (exact) mass is 652 g/mol. The zero-order chi connectivity index (χ0) is 33.1. The molecule has 11 nitrogen and oxygen atoms in total. The molecular weight excluding hydrogens is 603 g/mol. The maximum atomic E-state index is 14.3. The summed E-state index contributed by atoms with van der Waals surface area (Å²) in [4.78, 5) is 39.2. The highest BCUT2D eigenvalue weighted by molar-refractivity contribution is 5.99. The molecule has 3 saturated heterocycles. The van der Waals surface area contributed by atoms with Crippen LogP contribution in [0.3, 0.4) is 0 Å². The lowest BCUT2D eigenvalue weighted by atomic mass is 10.0. The first-order valence-corrected chi connectivity index (χ1v) is 17.1. The van der Waals surface area contributed by atoms with E-state index in [1.54, 1.807) is 17.0 Å². The van der Waals surface area contributed by atoms with Crippen molar-refractivity contribution >= 4 is 17.5 Å². The van der Waals surface area contributed by atoms with E-state index in [0.29, 0.717) is 62.7 Å². The average Bonchev–Trinajstić information content (AvgIpc) is 3.57. The SMILES string of the molecule is C[C@@H]1CN(CC(=O)N2c3cc(Cc4ccc(F)cc4)c(C(=O)NC[C@H]4CCOC4)nc3OC[C@@H]2C)[C@@H](CN2[C@H](C)COC[C@H]2C)CN1. The van der Waals surface area contributed by atoms with Gasteiger partial charge in [0.15, 0.2) is 0 Å². The summed E-state index contributed by atoms with van der Waals surface area (Å²) in [6, 6.07) is 8.91. The van der Waals surface area contributed by atoms with Crippen LogP contribution in [-0.4, -0.2) is 123 Å². The van der Waals surface area contributed by atoms with Gasteiger partial charge in [-0.2, -0.15) is 0 Å². The molecule has 0 unspecified atom stereocenters. The Morgan fingerprint density at radius 2 is 1.79 bits per heavy atom. The summed E-state index contributed by atoms with van der Waals surface area (Å²) in [5, 5.41) is 6.64. The summed E-state index contributed by atoms with van der Waals surface area (Å²) in [6.07, 6.45) is 1.25. The molecule has 4 aliphatic rings. The number of ether oxygens (including phenoxy) is 3. The van der Waals surface area contributed by atoms with Crippen molar-refractivity contribution in [2.45, 2.75) is 70.7 Å². The summed E-state index contributed by atoms with van der Waals surface area (Å²) in [7, 11) is 0. The van der Waals surface area contributed by atoms with Gasteiger partial charge in [-0.3, -0.25) is 19.4 Å². The fourth-order valence-corrected chi connectivity index (χ4v) is 7.21. The van der Waals surface area contributed by atoms with Crippen LogP contribution in [0.1, 0.15) is 55.7 Å². The topological polar surface area (TPSA) is 109 Å². The van der Waals surface area contributed by atoms with Crippen LogP contribution in [0.4, 0.5) is 10.1 Å². The Morgan fingerprint density at radius 3 is 2.51 bits per heavy atom. The predicted molar refractivity (Wildman–Crippen MR) is 176 cm³/mol. The molecule has 4 aliphatic heterocycles. The highest BCUT2D eigenvalue weighted by Gasteiger charge is 2.37. The molecule has 3 fully saturated rings. The molecule has 0 radical (unpaired) electrons. The first-order valence-electron chi connectivity index (χ1n) is 17.1. The van der Waals surface area contributed by atoms with E-state index in [1.165, 1.54) is 12.1 Å². The normalized spacial score (nSPS) is 28.5. The molecule has 0 aliphatic carbocycles. The molecule has 2 N–H and O–H groups in total. The number of halogens is 1. The first kappa shape index (κ1) is 33.7. The molecule has 2 aromatic rings. The number of nitrogens with one attached hydrogen (secondary N) is 2. The fraction of sp³-hybridized carbons (Fsp3) is 0.629. The van der Waals surface area contributed by atoms with Crippen LogP contribution in [-0.2, 0) is 20.7 Å². The van der Waals surface area contributed by atoms with E-state index in [1.807, 2.05) is 13.0 Å². The van der Waals surface area contributed by atoms with E-state index >= 15 is 0 Å². The molecule has 0 spiro atoms. The maximum absolute atomic E-state index is 14.3. The largest absolute Gasteiger partial charge is 0.474 e. The predicted octanol–water partition coefficient (Wildman–Crippen LogP) is 2.46. The molecule has 6 rings (SSSR count). The zero-order valence-electron chi connectivity index (χ0n) is 28.0. The third-order valence-electron chi connectivity index (χ3n) is 9.91. The lowest BCUT2D eigenvalue weighted by Crippen LogP contribution is -2.63. The number of fused-ring (bicyclic) bond motifs is 1. The summed E-state index contributed by atoms with van der Waals surface area (Å²) in [5.41, 5.74) is 2.29. The van der Waals surface area contributed by atoms with E-state index in [-0.39, 0.29) is 66.4 Å². The molecule has 47 heavy (non-hydrogen) atoms. The number of morpholine rings is 1. The van der Waals surface area contributed by atoms with Gasteiger partial charge in [-0.15, -0.1) is 0 Å².